The second-order valence-corrected chi connectivity index (χ2v) is 7.32. The van der Waals surface area contributed by atoms with E-state index < -0.39 is 12.0 Å². The molecule has 0 spiro atoms. The van der Waals surface area contributed by atoms with E-state index in [1.54, 1.807) is 28.8 Å². The van der Waals surface area contributed by atoms with Crippen molar-refractivity contribution in [2.24, 2.45) is 0 Å². The van der Waals surface area contributed by atoms with Gasteiger partial charge in [0.2, 0.25) is 0 Å². The van der Waals surface area contributed by atoms with Gasteiger partial charge in [0.05, 0.1) is 18.2 Å². The number of aliphatic carboxylic acids is 1. The van der Waals surface area contributed by atoms with Crippen LogP contribution in [0.25, 0.3) is 5.69 Å². The molecule has 1 aromatic carbocycles. The minimum Gasteiger partial charge on any atom is -0.481 e. The van der Waals surface area contributed by atoms with Crippen LogP contribution >= 0.6 is 0 Å². The fraction of sp³-hybridized carbons (Fsp3) is 0.450. The van der Waals surface area contributed by atoms with E-state index in [1.165, 1.54) is 12.1 Å². The lowest BCUT2D eigenvalue weighted by molar-refractivity contribution is -0.138. The number of carboxylic acid groups (broad SMARTS) is 1. The molecule has 0 saturated carbocycles. The van der Waals surface area contributed by atoms with Crippen LogP contribution in [0.2, 0.25) is 0 Å². The van der Waals surface area contributed by atoms with Gasteiger partial charge in [-0.25, -0.2) is 9.07 Å². The van der Waals surface area contributed by atoms with Crippen molar-refractivity contribution in [2.45, 2.75) is 44.2 Å². The van der Waals surface area contributed by atoms with E-state index in [0.29, 0.717) is 24.3 Å². The summed E-state index contributed by atoms with van der Waals surface area (Å²) in [5.74, 6) is -1.59. The summed E-state index contributed by atoms with van der Waals surface area (Å²) < 4.78 is 20.7. The molecule has 2 unspecified atom stereocenters. The molecule has 0 bridgehead atoms. The maximum absolute atomic E-state index is 13.7. The van der Waals surface area contributed by atoms with E-state index in [0.717, 1.165) is 30.5 Å². The van der Waals surface area contributed by atoms with Crippen LogP contribution in [0.5, 0.6) is 0 Å². The van der Waals surface area contributed by atoms with Gasteiger partial charge in [-0.05, 0) is 43.9 Å². The van der Waals surface area contributed by atoms with Crippen molar-refractivity contribution in [3.8, 4) is 5.69 Å². The Labute approximate surface area is 161 Å². The van der Waals surface area contributed by atoms with Crippen molar-refractivity contribution < 1.29 is 23.8 Å². The van der Waals surface area contributed by atoms with E-state index in [1.807, 2.05) is 0 Å². The maximum Gasteiger partial charge on any atom is 0.305 e. The molecule has 7 nitrogen and oxygen atoms in total. The number of ether oxygens (including phenoxy) is 1. The molecule has 2 aromatic rings. The van der Waals surface area contributed by atoms with Crippen molar-refractivity contribution in [3.05, 3.63) is 47.0 Å². The largest absolute Gasteiger partial charge is 0.481 e. The average Bonchev–Trinajstić information content (AvgIpc) is 3.35. The third-order valence-corrected chi connectivity index (χ3v) is 5.57. The SMILES string of the molecule is COC1CC(CC(=O)O)N(C(=O)c2nn(-c3cccc(F)c3)c3c2CCC3)C1. The molecule has 4 rings (SSSR count). The summed E-state index contributed by atoms with van der Waals surface area (Å²) in [5.41, 5.74) is 2.72. The quantitative estimate of drug-likeness (QED) is 0.850. The van der Waals surface area contributed by atoms with Crippen LogP contribution in [0.15, 0.2) is 24.3 Å². The molecular formula is C20H22FN3O4. The number of carbonyl (C=O) groups excluding carboxylic acids is 1. The third kappa shape index (κ3) is 3.28. The molecular weight excluding hydrogens is 365 g/mol. The van der Waals surface area contributed by atoms with Gasteiger partial charge >= 0.3 is 5.97 Å². The lowest BCUT2D eigenvalue weighted by Crippen LogP contribution is -2.38. The number of hydrogen-bond donors (Lipinski definition) is 1. The Morgan fingerprint density at radius 3 is 2.89 bits per heavy atom. The smallest absolute Gasteiger partial charge is 0.305 e. The average molecular weight is 387 g/mol. The van der Waals surface area contributed by atoms with Gasteiger partial charge in [-0.3, -0.25) is 9.59 Å². The van der Waals surface area contributed by atoms with Crippen molar-refractivity contribution >= 4 is 11.9 Å². The zero-order valence-electron chi connectivity index (χ0n) is 15.6. The number of halogens is 1. The molecule has 2 atom stereocenters. The first-order valence-corrected chi connectivity index (χ1v) is 9.40. The van der Waals surface area contributed by atoms with Crippen LogP contribution in [0, 0.1) is 5.82 Å². The van der Waals surface area contributed by atoms with Crippen LogP contribution in [-0.4, -0.2) is 57.5 Å². The molecule has 28 heavy (non-hydrogen) atoms. The monoisotopic (exact) mass is 387 g/mol. The number of nitrogens with zero attached hydrogens (tertiary/aromatic N) is 3. The summed E-state index contributed by atoms with van der Waals surface area (Å²) in [6.45, 7) is 0.342. The van der Waals surface area contributed by atoms with Gasteiger partial charge in [-0.2, -0.15) is 5.10 Å². The molecule has 2 heterocycles. The predicted molar refractivity (Wildman–Crippen MR) is 98.0 cm³/mol. The Bertz CT molecular complexity index is 926. The summed E-state index contributed by atoms with van der Waals surface area (Å²) in [6.07, 6.45) is 2.58. The molecule has 1 aromatic heterocycles. The molecule has 1 saturated heterocycles. The molecule has 1 fully saturated rings. The zero-order valence-corrected chi connectivity index (χ0v) is 15.6. The highest BCUT2D eigenvalue weighted by Crippen LogP contribution is 2.31. The molecule has 148 valence electrons. The molecule has 1 aliphatic heterocycles. The van der Waals surface area contributed by atoms with Crippen molar-refractivity contribution in [3.63, 3.8) is 0 Å². The van der Waals surface area contributed by atoms with Crippen molar-refractivity contribution in [2.75, 3.05) is 13.7 Å². The normalized spacial score (nSPS) is 21.1. The Morgan fingerprint density at radius 2 is 2.18 bits per heavy atom. The van der Waals surface area contributed by atoms with E-state index >= 15 is 0 Å². The van der Waals surface area contributed by atoms with Crippen molar-refractivity contribution in [1.29, 1.82) is 0 Å². The van der Waals surface area contributed by atoms with Crippen LogP contribution in [-0.2, 0) is 22.4 Å². The standard InChI is InChI=1S/C20H22FN3O4/c1-28-15-9-14(10-18(25)26)23(11-15)20(27)19-16-6-3-7-17(16)24(22-19)13-5-2-4-12(21)8-13/h2,4-5,8,14-15H,3,6-7,9-11H2,1H3,(H,25,26). The summed E-state index contributed by atoms with van der Waals surface area (Å²) in [4.78, 5) is 26.1. The second-order valence-electron chi connectivity index (χ2n) is 7.32. The number of methoxy groups -OCH3 is 1. The second kappa shape index (κ2) is 7.35. The highest BCUT2D eigenvalue weighted by atomic mass is 19.1. The summed E-state index contributed by atoms with van der Waals surface area (Å²) >= 11 is 0. The first-order valence-electron chi connectivity index (χ1n) is 9.40. The van der Waals surface area contributed by atoms with E-state index in [-0.39, 0.29) is 24.2 Å². The lowest BCUT2D eigenvalue weighted by atomic mass is 10.1. The first kappa shape index (κ1) is 18.6. The number of aromatic nitrogens is 2. The lowest BCUT2D eigenvalue weighted by Gasteiger charge is -2.22. The first-order chi connectivity index (χ1) is 13.5. The van der Waals surface area contributed by atoms with E-state index in [9.17, 15) is 19.1 Å². The van der Waals surface area contributed by atoms with Crippen LogP contribution < -0.4 is 0 Å². The van der Waals surface area contributed by atoms with Gasteiger partial charge in [0.15, 0.2) is 5.69 Å². The Morgan fingerprint density at radius 1 is 1.36 bits per heavy atom. The number of hydrogen-bond acceptors (Lipinski definition) is 4. The summed E-state index contributed by atoms with van der Waals surface area (Å²) in [6, 6.07) is 5.70. The van der Waals surface area contributed by atoms with Gasteiger partial charge in [0.1, 0.15) is 5.82 Å². The molecule has 2 aliphatic rings. The van der Waals surface area contributed by atoms with Crippen LogP contribution in [0.3, 0.4) is 0 Å². The minimum absolute atomic E-state index is 0.127. The molecule has 1 aliphatic carbocycles. The third-order valence-electron chi connectivity index (χ3n) is 5.57. The van der Waals surface area contributed by atoms with Gasteiger partial charge in [-0.1, -0.05) is 6.07 Å². The number of fused-ring (bicyclic) bond motifs is 1. The predicted octanol–water partition coefficient (Wildman–Crippen LogP) is 2.20. The van der Waals surface area contributed by atoms with Gasteiger partial charge < -0.3 is 14.7 Å². The van der Waals surface area contributed by atoms with E-state index in [2.05, 4.69) is 5.10 Å². The highest BCUT2D eigenvalue weighted by Gasteiger charge is 2.39. The number of carbonyl (C=O) groups is 2. The summed E-state index contributed by atoms with van der Waals surface area (Å²) in [5, 5.41) is 13.7. The van der Waals surface area contributed by atoms with Crippen molar-refractivity contribution in [1.82, 2.24) is 14.7 Å². The topological polar surface area (TPSA) is 84.7 Å². The van der Waals surface area contributed by atoms with Gasteiger partial charge in [-0.15, -0.1) is 0 Å². The Hall–Kier alpha value is -2.74. The fourth-order valence-corrected chi connectivity index (χ4v) is 4.25. The molecule has 1 N–H and O–H groups in total. The molecule has 1 amide bonds. The van der Waals surface area contributed by atoms with Gasteiger partial charge in [0.25, 0.3) is 5.91 Å². The molecule has 8 heteroatoms. The number of amides is 1. The summed E-state index contributed by atoms with van der Waals surface area (Å²) in [7, 11) is 1.56. The van der Waals surface area contributed by atoms with E-state index in [4.69, 9.17) is 4.74 Å². The fourth-order valence-electron chi connectivity index (χ4n) is 4.25. The number of likely N-dealkylation sites (tertiary alicyclic amines) is 1. The molecule has 0 radical (unpaired) electrons. The number of carboxylic acids is 1. The van der Waals surface area contributed by atoms with Crippen LogP contribution in [0.4, 0.5) is 4.39 Å². The zero-order chi connectivity index (χ0) is 19.8. The van der Waals surface area contributed by atoms with Crippen LogP contribution in [0.1, 0.15) is 41.0 Å². The Kier molecular flexibility index (Phi) is 4.89. The van der Waals surface area contributed by atoms with Gasteiger partial charge in [0, 0.05) is 31.0 Å². The maximum atomic E-state index is 13.7. The number of benzene rings is 1. The highest BCUT2D eigenvalue weighted by molar-refractivity contribution is 5.95. The number of rotatable bonds is 5. The minimum atomic E-state index is -0.949. The Balaban J connectivity index is 1.70.